The van der Waals surface area contributed by atoms with Crippen molar-refractivity contribution in [2.24, 2.45) is 0 Å². The van der Waals surface area contributed by atoms with E-state index >= 15 is 0 Å². The number of ether oxygens (including phenoxy) is 2. The van der Waals surface area contributed by atoms with Gasteiger partial charge >= 0.3 is 0 Å². The van der Waals surface area contributed by atoms with Crippen molar-refractivity contribution in [2.75, 3.05) is 33.4 Å². The van der Waals surface area contributed by atoms with Crippen LogP contribution in [0.5, 0.6) is 11.6 Å². The predicted molar refractivity (Wildman–Crippen MR) is 116 cm³/mol. The van der Waals surface area contributed by atoms with Crippen LogP contribution in [0, 0.1) is 0 Å². The first kappa shape index (κ1) is 18.6. The molecule has 0 amide bonds. The maximum absolute atomic E-state index is 13.3. The Morgan fingerprint density at radius 1 is 1.07 bits per heavy atom. The number of methoxy groups -OCH3 is 1. The molecule has 0 N–H and O–H groups in total. The maximum atomic E-state index is 13.3. The number of likely N-dealkylation sites (tertiary alicyclic amines) is 1. The minimum Gasteiger partial charge on any atom is -0.497 e. The van der Waals surface area contributed by atoms with Gasteiger partial charge in [-0.3, -0.25) is 9.69 Å². The summed E-state index contributed by atoms with van der Waals surface area (Å²) in [6.45, 7) is 3.68. The summed E-state index contributed by atoms with van der Waals surface area (Å²) in [7, 11) is 1.62. The molecule has 1 aromatic heterocycles. The van der Waals surface area contributed by atoms with Gasteiger partial charge in [-0.1, -0.05) is 22.0 Å². The average molecular weight is 453 g/mol. The Labute approximate surface area is 177 Å². The first-order valence-electron chi connectivity index (χ1n) is 9.87. The van der Waals surface area contributed by atoms with Crippen molar-refractivity contribution >= 4 is 32.6 Å². The molecule has 0 bridgehead atoms. The summed E-state index contributed by atoms with van der Waals surface area (Å²) in [5.74, 6) is 1.24. The van der Waals surface area contributed by atoms with E-state index in [0.717, 1.165) is 46.1 Å². The molecule has 2 aromatic carbocycles. The number of pyridine rings is 1. The van der Waals surface area contributed by atoms with Crippen LogP contribution in [0.3, 0.4) is 0 Å². The highest BCUT2D eigenvalue weighted by Gasteiger charge is 2.33. The summed E-state index contributed by atoms with van der Waals surface area (Å²) >= 11 is 3.48. The van der Waals surface area contributed by atoms with Crippen LogP contribution in [0.25, 0.3) is 22.0 Å². The van der Waals surface area contributed by atoms with Crippen molar-refractivity contribution in [3.63, 3.8) is 0 Å². The molecule has 1 aliphatic heterocycles. The molecule has 2 aliphatic rings. The summed E-state index contributed by atoms with van der Waals surface area (Å²) in [4.78, 5) is 20.5. The number of carbonyl (C=O) groups is 1. The molecule has 3 aromatic rings. The molecular weight excluding hydrogens is 432 g/mol. The van der Waals surface area contributed by atoms with Crippen LogP contribution in [-0.2, 0) is 0 Å². The summed E-state index contributed by atoms with van der Waals surface area (Å²) in [6.07, 6.45) is 2.50. The molecular formula is C23H21BrN2O3. The summed E-state index contributed by atoms with van der Waals surface area (Å²) in [5, 5.41) is 0.795. The van der Waals surface area contributed by atoms with Crippen molar-refractivity contribution in [1.82, 2.24) is 9.88 Å². The number of fused-ring (bicyclic) bond motifs is 5. The van der Waals surface area contributed by atoms with Gasteiger partial charge in [0.15, 0.2) is 5.78 Å². The maximum Gasteiger partial charge on any atom is 0.222 e. The molecule has 0 unspecified atom stereocenters. The normalized spacial score (nSPS) is 15.6. The fourth-order valence-corrected chi connectivity index (χ4v) is 4.63. The number of benzene rings is 2. The molecule has 1 saturated heterocycles. The predicted octanol–water partition coefficient (Wildman–Crippen LogP) is 4.69. The zero-order chi connectivity index (χ0) is 20.0. The van der Waals surface area contributed by atoms with Crippen molar-refractivity contribution < 1.29 is 14.3 Å². The number of aromatic nitrogens is 1. The molecule has 1 aliphatic carbocycles. The zero-order valence-corrected chi connectivity index (χ0v) is 17.8. The van der Waals surface area contributed by atoms with Crippen LogP contribution in [0.1, 0.15) is 28.8 Å². The topological polar surface area (TPSA) is 51.7 Å². The van der Waals surface area contributed by atoms with Gasteiger partial charge in [0.25, 0.3) is 0 Å². The highest BCUT2D eigenvalue weighted by Crippen LogP contribution is 2.46. The van der Waals surface area contributed by atoms with E-state index in [0.29, 0.717) is 29.4 Å². The molecule has 29 heavy (non-hydrogen) atoms. The third kappa shape index (κ3) is 3.20. The van der Waals surface area contributed by atoms with Crippen molar-refractivity contribution in [3.05, 3.63) is 52.0 Å². The first-order chi connectivity index (χ1) is 14.2. The van der Waals surface area contributed by atoms with Gasteiger partial charge in [-0.2, -0.15) is 0 Å². The standard InChI is InChI=1S/C23H21BrN2O3/c1-28-15-5-7-19-18(13-15)20-21(16-6-4-14(24)12-17(16)22(20)27)23(25-19)29-11-10-26-8-2-3-9-26/h4-7,12-13H,2-3,8-11H2,1H3. The number of ketones is 1. The van der Waals surface area contributed by atoms with Gasteiger partial charge in [0.1, 0.15) is 12.4 Å². The molecule has 6 heteroatoms. The smallest absolute Gasteiger partial charge is 0.222 e. The highest BCUT2D eigenvalue weighted by molar-refractivity contribution is 9.10. The molecule has 0 spiro atoms. The number of nitrogens with zero attached hydrogens (tertiary/aromatic N) is 2. The van der Waals surface area contributed by atoms with Gasteiger partial charge in [0.2, 0.25) is 5.88 Å². The SMILES string of the molecule is COc1ccc2nc(OCCN3CCCC3)c3c(c2c1)C(=O)c1cc(Br)ccc1-3. The molecule has 0 saturated carbocycles. The second-order valence-corrected chi connectivity index (χ2v) is 8.38. The second kappa shape index (κ2) is 7.43. The lowest BCUT2D eigenvalue weighted by molar-refractivity contribution is 0.104. The molecule has 2 heterocycles. The number of hydrogen-bond acceptors (Lipinski definition) is 5. The number of halogens is 1. The van der Waals surface area contributed by atoms with E-state index in [-0.39, 0.29) is 5.78 Å². The van der Waals surface area contributed by atoms with E-state index in [1.807, 2.05) is 36.4 Å². The molecule has 0 atom stereocenters. The van der Waals surface area contributed by atoms with E-state index in [1.54, 1.807) is 7.11 Å². The van der Waals surface area contributed by atoms with Crippen LogP contribution in [0.4, 0.5) is 0 Å². The van der Waals surface area contributed by atoms with Crippen molar-refractivity contribution in [3.8, 4) is 22.8 Å². The monoisotopic (exact) mass is 452 g/mol. The summed E-state index contributed by atoms with van der Waals surface area (Å²) in [6, 6.07) is 11.4. The average Bonchev–Trinajstić information content (AvgIpc) is 3.35. The van der Waals surface area contributed by atoms with Crippen molar-refractivity contribution in [2.45, 2.75) is 12.8 Å². The van der Waals surface area contributed by atoms with Gasteiger partial charge in [0, 0.05) is 27.5 Å². The van der Waals surface area contributed by atoms with E-state index in [4.69, 9.17) is 14.5 Å². The largest absolute Gasteiger partial charge is 0.497 e. The Kier molecular flexibility index (Phi) is 4.76. The molecule has 5 rings (SSSR count). The Hall–Kier alpha value is -2.44. The Morgan fingerprint density at radius 2 is 1.90 bits per heavy atom. The van der Waals surface area contributed by atoms with E-state index in [9.17, 15) is 4.79 Å². The Balaban J connectivity index is 1.62. The van der Waals surface area contributed by atoms with Crippen LogP contribution in [0.15, 0.2) is 40.9 Å². The third-order valence-electron chi connectivity index (χ3n) is 5.73. The van der Waals surface area contributed by atoms with Gasteiger partial charge < -0.3 is 9.47 Å². The summed E-state index contributed by atoms with van der Waals surface area (Å²) < 4.78 is 12.4. The number of rotatable bonds is 5. The highest BCUT2D eigenvalue weighted by atomic mass is 79.9. The lowest BCUT2D eigenvalue weighted by Crippen LogP contribution is -2.25. The molecule has 148 valence electrons. The lowest BCUT2D eigenvalue weighted by Gasteiger charge is -2.17. The zero-order valence-electron chi connectivity index (χ0n) is 16.2. The van der Waals surface area contributed by atoms with Crippen molar-refractivity contribution in [1.29, 1.82) is 0 Å². The Bertz CT molecular complexity index is 1120. The van der Waals surface area contributed by atoms with Crippen LogP contribution in [0.2, 0.25) is 0 Å². The fraction of sp³-hybridized carbons (Fsp3) is 0.304. The first-order valence-corrected chi connectivity index (χ1v) is 10.7. The number of hydrogen-bond donors (Lipinski definition) is 0. The van der Waals surface area contributed by atoms with Crippen LogP contribution >= 0.6 is 15.9 Å². The molecule has 0 radical (unpaired) electrons. The van der Waals surface area contributed by atoms with Gasteiger partial charge in [-0.05, 0) is 61.8 Å². The summed E-state index contributed by atoms with van der Waals surface area (Å²) in [5.41, 5.74) is 3.73. The third-order valence-corrected chi connectivity index (χ3v) is 6.22. The van der Waals surface area contributed by atoms with E-state index in [1.165, 1.54) is 12.8 Å². The quantitative estimate of drug-likeness (QED) is 0.439. The van der Waals surface area contributed by atoms with Gasteiger partial charge in [-0.15, -0.1) is 0 Å². The minimum atomic E-state index is 0.00125. The Morgan fingerprint density at radius 3 is 2.69 bits per heavy atom. The number of carbonyl (C=O) groups excluding carboxylic acids is 1. The lowest BCUT2D eigenvalue weighted by atomic mass is 10.0. The molecule has 1 fully saturated rings. The van der Waals surface area contributed by atoms with Gasteiger partial charge in [-0.25, -0.2) is 4.98 Å². The van der Waals surface area contributed by atoms with E-state index in [2.05, 4.69) is 20.8 Å². The van der Waals surface area contributed by atoms with Crippen LogP contribution < -0.4 is 9.47 Å². The molecule has 5 nitrogen and oxygen atoms in total. The van der Waals surface area contributed by atoms with Crippen LogP contribution in [-0.4, -0.2) is 49.0 Å². The van der Waals surface area contributed by atoms with Gasteiger partial charge in [0.05, 0.1) is 18.2 Å². The fourth-order valence-electron chi connectivity index (χ4n) is 4.27. The van der Waals surface area contributed by atoms with E-state index < -0.39 is 0 Å². The second-order valence-electron chi connectivity index (χ2n) is 7.47. The minimum absolute atomic E-state index is 0.00125.